The van der Waals surface area contributed by atoms with E-state index in [4.69, 9.17) is 5.11 Å². The first kappa shape index (κ1) is 15.7. The van der Waals surface area contributed by atoms with Gasteiger partial charge in [-0.05, 0) is 35.4 Å². The number of nitrogens with one attached hydrogen (secondary N) is 1. The quantitative estimate of drug-likeness (QED) is 0.516. The molecule has 0 bridgehead atoms. The molecule has 0 saturated heterocycles. The van der Waals surface area contributed by atoms with Crippen molar-refractivity contribution < 1.29 is 14.8 Å². The van der Waals surface area contributed by atoms with Gasteiger partial charge in [0.25, 0.3) is 5.69 Å². The predicted molar refractivity (Wildman–Crippen MR) is 93.1 cm³/mol. The highest BCUT2D eigenvalue weighted by molar-refractivity contribution is 7.14. The lowest BCUT2D eigenvalue weighted by Crippen LogP contribution is -1.97. The average molecular weight is 340 g/mol. The molecule has 0 aliphatic carbocycles. The molecule has 2 N–H and O–H groups in total. The van der Waals surface area contributed by atoms with Gasteiger partial charge in [-0.3, -0.25) is 10.1 Å². The Balaban J connectivity index is 1.83. The van der Waals surface area contributed by atoms with E-state index in [1.165, 1.54) is 29.5 Å². The molecule has 0 aliphatic heterocycles. The fourth-order valence-electron chi connectivity index (χ4n) is 2.22. The number of rotatable bonds is 5. The average Bonchev–Trinajstić information content (AvgIpc) is 3.03. The van der Waals surface area contributed by atoms with Crippen LogP contribution in [0.4, 0.5) is 16.4 Å². The van der Waals surface area contributed by atoms with Gasteiger partial charge in [-0.2, -0.15) is 0 Å². The summed E-state index contributed by atoms with van der Waals surface area (Å²) in [4.78, 5) is 21.4. The molecule has 0 saturated carbocycles. The largest absolute Gasteiger partial charge is 0.478 e. The molecule has 0 fully saturated rings. The Morgan fingerprint density at radius 2 is 1.88 bits per heavy atom. The topological polar surface area (TPSA) is 92.5 Å². The van der Waals surface area contributed by atoms with E-state index in [-0.39, 0.29) is 11.3 Å². The minimum atomic E-state index is -0.984. The van der Waals surface area contributed by atoms with E-state index < -0.39 is 10.9 Å². The van der Waals surface area contributed by atoms with Crippen LogP contribution in [-0.2, 0) is 0 Å². The maximum atomic E-state index is 11.0. The smallest absolute Gasteiger partial charge is 0.335 e. The van der Waals surface area contributed by atoms with Gasteiger partial charge in [-0.15, -0.1) is 11.3 Å². The number of nitrogens with zero attached hydrogens (tertiary/aromatic N) is 1. The molecule has 3 rings (SSSR count). The highest BCUT2D eigenvalue weighted by atomic mass is 32.1. The standard InChI is InChI=1S/C17H12N2O4S/c20-17(21)12-4-1-5-14(7-12)18-16-9-13(10-24-16)11-3-2-6-15(8-11)19(22)23/h1-10,18H,(H,20,21). The van der Waals surface area contributed by atoms with E-state index in [0.29, 0.717) is 5.69 Å². The number of hydrogen-bond donors (Lipinski definition) is 2. The fourth-order valence-corrected chi connectivity index (χ4v) is 3.05. The summed E-state index contributed by atoms with van der Waals surface area (Å²) in [6.45, 7) is 0. The minimum absolute atomic E-state index is 0.0439. The Labute approximate surface area is 141 Å². The first-order valence-electron chi connectivity index (χ1n) is 6.97. The van der Waals surface area contributed by atoms with Crippen LogP contribution in [0.1, 0.15) is 10.4 Å². The lowest BCUT2D eigenvalue weighted by atomic mass is 10.1. The Morgan fingerprint density at radius 3 is 2.62 bits per heavy atom. The second kappa shape index (κ2) is 6.51. The molecule has 0 spiro atoms. The molecular formula is C17H12N2O4S. The molecule has 3 aromatic rings. The first-order valence-corrected chi connectivity index (χ1v) is 7.84. The number of nitro benzene ring substituents is 1. The van der Waals surface area contributed by atoms with Crippen molar-refractivity contribution in [3.05, 3.63) is 75.7 Å². The van der Waals surface area contributed by atoms with Gasteiger partial charge in [-0.1, -0.05) is 18.2 Å². The van der Waals surface area contributed by atoms with Gasteiger partial charge in [0.1, 0.15) is 0 Å². The normalized spacial score (nSPS) is 10.3. The molecule has 6 nitrogen and oxygen atoms in total. The third-order valence-corrected chi connectivity index (χ3v) is 4.21. The van der Waals surface area contributed by atoms with E-state index in [1.54, 1.807) is 24.3 Å². The molecule has 0 radical (unpaired) electrons. The number of thiophene rings is 1. The zero-order valence-electron chi connectivity index (χ0n) is 12.3. The molecule has 0 atom stereocenters. The summed E-state index contributed by atoms with van der Waals surface area (Å²) < 4.78 is 0. The number of nitro groups is 1. The molecule has 1 heterocycles. The van der Waals surface area contributed by atoms with Crippen molar-refractivity contribution in [1.29, 1.82) is 0 Å². The van der Waals surface area contributed by atoms with Crippen LogP contribution in [-0.4, -0.2) is 16.0 Å². The number of carboxylic acids is 1. The van der Waals surface area contributed by atoms with Gasteiger partial charge in [0.05, 0.1) is 15.5 Å². The summed E-state index contributed by atoms with van der Waals surface area (Å²) >= 11 is 1.44. The summed E-state index contributed by atoms with van der Waals surface area (Å²) in [6.07, 6.45) is 0. The van der Waals surface area contributed by atoms with Crippen LogP contribution in [0, 0.1) is 10.1 Å². The van der Waals surface area contributed by atoms with Crippen molar-refractivity contribution >= 4 is 33.7 Å². The Morgan fingerprint density at radius 1 is 1.08 bits per heavy atom. The van der Waals surface area contributed by atoms with Crippen LogP contribution in [0.3, 0.4) is 0 Å². The third kappa shape index (κ3) is 3.41. The van der Waals surface area contributed by atoms with Gasteiger partial charge in [0, 0.05) is 23.2 Å². The lowest BCUT2D eigenvalue weighted by Gasteiger charge is -2.04. The fraction of sp³-hybridized carbons (Fsp3) is 0. The molecule has 2 aromatic carbocycles. The van der Waals surface area contributed by atoms with Crippen LogP contribution < -0.4 is 5.32 Å². The molecule has 0 aliphatic rings. The molecule has 24 heavy (non-hydrogen) atoms. The first-order chi connectivity index (χ1) is 11.5. The third-order valence-electron chi connectivity index (χ3n) is 3.37. The highest BCUT2D eigenvalue weighted by Gasteiger charge is 2.09. The van der Waals surface area contributed by atoms with Crippen LogP contribution in [0.5, 0.6) is 0 Å². The van der Waals surface area contributed by atoms with Gasteiger partial charge < -0.3 is 10.4 Å². The van der Waals surface area contributed by atoms with Crippen LogP contribution in [0.2, 0.25) is 0 Å². The zero-order valence-corrected chi connectivity index (χ0v) is 13.1. The van der Waals surface area contributed by atoms with Gasteiger partial charge >= 0.3 is 5.97 Å². The maximum absolute atomic E-state index is 11.0. The molecule has 120 valence electrons. The van der Waals surface area contributed by atoms with E-state index in [0.717, 1.165) is 16.1 Å². The number of aromatic carboxylic acids is 1. The summed E-state index contributed by atoms with van der Waals surface area (Å²) in [7, 11) is 0. The van der Waals surface area contributed by atoms with Crippen LogP contribution in [0.15, 0.2) is 60.0 Å². The van der Waals surface area contributed by atoms with Gasteiger partial charge in [-0.25, -0.2) is 4.79 Å². The van der Waals surface area contributed by atoms with E-state index in [2.05, 4.69) is 5.32 Å². The number of non-ortho nitro benzene ring substituents is 1. The summed E-state index contributed by atoms with van der Waals surface area (Å²) in [5, 5.41) is 25.7. The summed E-state index contributed by atoms with van der Waals surface area (Å²) in [6, 6.07) is 14.8. The van der Waals surface area contributed by atoms with Crippen molar-refractivity contribution in [2.24, 2.45) is 0 Å². The van der Waals surface area contributed by atoms with Crippen molar-refractivity contribution in [1.82, 2.24) is 0 Å². The summed E-state index contributed by atoms with van der Waals surface area (Å²) in [5.74, 6) is -0.984. The van der Waals surface area contributed by atoms with E-state index in [9.17, 15) is 14.9 Å². The number of hydrogen-bond acceptors (Lipinski definition) is 5. The van der Waals surface area contributed by atoms with Crippen molar-refractivity contribution in [2.45, 2.75) is 0 Å². The van der Waals surface area contributed by atoms with Crippen LogP contribution >= 0.6 is 11.3 Å². The van der Waals surface area contributed by atoms with Crippen molar-refractivity contribution in [3.63, 3.8) is 0 Å². The van der Waals surface area contributed by atoms with E-state index in [1.807, 2.05) is 17.5 Å². The van der Waals surface area contributed by atoms with Crippen molar-refractivity contribution in [3.8, 4) is 11.1 Å². The Bertz CT molecular complexity index is 920. The monoisotopic (exact) mass is 340 g/mol. The molecule has 0 unspecified atom stereocenters. The van der Waals surface area contributed by atoms with Gasteiger partial charge in [0.2, 0.25) is 0 Å². The molecular weight excluding hydrogens is 328 g/mol. The number of benzene rings is 2. The number of carboxylic acid groups (broad SMARTS) is 1. The van der Waals surface area contributed by atoms with Gasteiger partial charge in [0.15, 0.2) is 0 Å². The van der Waals surface area contributed by atoms with Crippen LogP contribution in [0.25, 0.3) is 11.1 Å². The predicted octanol–water partition coefficient (Wildman–Crippen LogP) is 4.77. The Kier molecular flexibility index (Phi) is 4.26. The highest BCUT2D eigenvalue weighted by Crippen LogP contribution is 2.32. The number of carbonyl (C=O) groups is 1. The Hall–Kier alpha value is -3.19. The zero-order chi connectivity index (χ0) is 17.1. The second-order valence-corrected chi connectivity index (χ2v) is 5.93. The molecule has 1 aromatic heterocycles. The van der Waals surface area contributed by atoms with E-state index >= 15 is 0 Å². The minimum Gasteiger partial charge on any atom is -0.478 e. The molecule has 0 amide bonds. The number of anilines is 2. The SMILES string of the molecule is O=C(O)c1cccc(Nc2cc(-c3cccc([N+](=O)[O-])c3)cs2)c1. The maximum Gasteiger partial charge on any atom is 0.335 e. The summed E-state index contributed by atoms with van der Waals surface area (Å²) in [5.41, 5.74) is 2.54. The van der Waals surface area contributed by atoms with Crippen molar-refractivity contribution in [2.75, 3.05) is 5.32 Å². The molecule has 7 heteroatoms. The lowest BCUT2D eigenvalue weighted by molar-refractivity contribution is -0.384. The second-order valence-electron chi connectivity index (χ2n) is 5.02.